The van der Waals surface area contributed by atoms with Crippen LogP contribution < -0.4 is 0 Å². The molecule has 2 aromatic heterocycles. The van der Waals surface area contributed by atoms with Crippen molar-refractivity contribution in [3.63, 3.8) is 0 Å². The van der Waals surface area contributed by atoms with E-state index in [-0.39, 0.29) is 17.9 Å². The van der Waals surface area contributed by atoms with Crippen LogP contribution in [0.15, 0.2) is 45.2 Å². The summed E-state index contributed by atoms with van der Waals surface area (Å²) in [5, 5.41) is 25.5. The van der Waals surface area contributed by atoms with E-state index in [2.05, 4.69) is 20.4 Å². The van der Waals surface area contributed by atoms with Crippen LogP contribution in [-0.4, -0.2) is 21.4 Å². The molecular weight excluding hydrogens is 499 g/mol. The molecule has 1 aliphatic heterocycles. The number of benzene rings is 1. The number of fused-ring (bicyclic) bond motifs is 3. The lowest BCUT2D eigenvalue weighted by Crippen LogP contribution is -2.44. The van der Waals surface area contributed by atoms with Gasteiger partial charge in [-0.1, -0.05) is 34.4 Å². The third-order valence-electron chi connectivity index (χ3n) is 8.44. The molecule has 2 bridgehead atoms. The Bertz CT molecular complexity index is 1330. The lowest BCUT2D eigenvalue weighted by molar-refractivity contribution is -0.116. The van der Waals surface area contributed by atoms with Gasteiger partial charge in [-0.15, -0.1) is 5.11 Å². The molecule has 3 saturated carbocycles. The molecule has 0 amide bonds. The molecule has 3 fully saturated rings. The van der Waals surface area contributed by atoms with Gasteiger partial charge in [0.05, 0.1) is 34.9 Å². The number of halogens is 2. The van der Waals surface area contributed by atoms with Gasteiger partial charge in [0.25, 0.3) is 0 Å². The Morgan fingerprint density at radius 3 is 2.56 bits per heavy atom. The van der Waals surface area contributed by atoms with Gasteiger partial charge < -0.3 is 14.4 Å². The first-order valence-corrected chi connectivity index (χ1v) is 13.4. The molecule has 2 unspecified atom stereocenters. The zero-order valence-corrected chi connectivity index (χ0v) is 21.2. The number of hydrogen-bond acceptors (Lipinski definition) is 7. The van der Waals surface area contributed by atoms with Crippen LogP contribution in [0.2, 0.25) is 10.0 Å². The summed E-state index contributed by atoms with van der Waals surface area (Å²) >= 11 is 13.0. The quantitative estimate of drug-likeness (QED) is 0.370. The minimum Gasteiger partial charge on any atom is -0.385 e. The van der Waals surface area contributed by atoms with E-state index in [9.17, 15) is 5.11 Å². The predicted octanol–water partition coefficient (Wildman–Crippen LogP) is 7.11. The summed E-state index contributed by atoms with van der Waals surface area (Å²) in [6, 6.07) is 7.50. The van der Waals surface area contributed by atoms with Gasteiger partial charge in [0.1, 0.15) is 11.5 Å². The second kappa shape index (κ2) is 8.62. The highest BCUT2D eigenvalue weighted by molar-refractivity contribution is 6.39. The Labute approximate surface area is 218 Å². The second-order valence-electron chi connectivity index (χ2n) is 10.6. The average molecular weight is 525 g/mol. The van der Waals surface area contributed by atoms with E-state index in [1.54, 1.807) is 6.20 Å². The zero-order chi connectivity index (χ0) is 24.4. The smallest absolute Gasteiger partial charge is 0.179 e. The number of aliphatic hydroxyl groups is 1. The normalized spacial score (nSPS) is 28.6. The standard InChI is InChI=1S/C27H26Cl2N4O3/c28-21-2-1-3-22(29)23(21)24-20(25(36-33-24)14-4-5-14)13-35-19-9-16-6-7-17(10-19)27(16,34)18-8-15-11-31-32-26(15)30-12-18/h1-3,8,12,14,16-17,19,34H,4-7,9-11,13H2/t16-,17+,19?,27?. The molecule has 4 aliphatic rings. The van der Waals surface area contributed by atoms with E-state index in [1.807, 2.05) is 24.3 Å². The molecule has 36 heavy (non-hydrogen) atoms. The molecule has 1 N–H and O–H groups in total. The second-order valence-corrected chi connectivity index (χ2v) is 11.4. The van der Waals surface area contributed by atoms with Crippen LogP contribution in [0.3, 0.4) is 0 Å². The fourth-order valence-electron chi connectivity index (χ4n) is 6.47. The van der Waals surface area contributed by atoms with Crippen molar-refractivity contribution < 1.29 is 14.4 Å². The molecule has 3 aromatic rings. The van der Waals surface area contributed by atoms with Crippen molar-refractivity contribution in [1.29, 1.82) is 0 Å². The molecule has 186 valence electrons. The molecule has 1 aromatic carbocycles. The highest BCUT2D eigenvalue weighted by atomic mass is 35.5. The SMILES string of the molecule is OC1(c2cnc3c(c2)CN=N3)[C@@H]2CC[C@H]1CC(OCc1c(-c3c(Cl)cccc3Cl)noc1C1CC1)C2. The molecular formula is C27H26Cl2N4O3. The van der Waals surface area contributed by atoms with Crippen LogP contribution in [0.1, 0.15) is 66.9 Å². The van der Waals surface area contributed by atoms with E-state index in [0.29, 0.717) is 46.2 Å². The highest BCUT2D eigenvalue weighted by Crippen LogP contribution is 2.56. The lowest BCUT2D eigenvalue weighted by atomic mass is 9.70. The molecule has 0 spiro atoms. The Hall–Kier alpha value is -2.32. The van der Waals surface area contributed by atoms with E-state index in [1.165, 1.54) is 0 Å². The zero-order valence-electron chi connectivity index (χ0n) is 19.7. The summed E-state index contributed by atoms with van der Waals surface area (Å²) in [5.74, 6) is 2.18. The Balaban J connectivity index is 1.12. The summed E-state index contributed by atoms with van der Waals surface area (Å²) < 4.78 is 12.3. The first-order valence-electron chi connectivity index (χ1n) is 12.7. The van der Waals surface area contributed by atoms with Gasteiger partial charge in [-0.25, -0.2) is 4.98 Å². The van der Waals surface area contributed by atoms with Gasteiger partial charge in [0.2, 0.25) is 0 Å². The largest absolute Gasteiger partial charge is 0.385 e. The minimum absolute atomic E-state index is 0.0479. The number of azo groups is 1. The maximum Gasteiger partial charge on any atom is 0.179 e. The van der Waals surface area contributed by atoms with Crippen molar-refractivity contribution in [2.75, 3.05) is 0 Å². The third kappa shape index (κ3) is 3.63. The van der Waals surface area contributed by atoms with Gasteiger partial charge in [0.15, 0.2) is 5.82 Å². The minimum atomic E-state index is -0.878. The van der Waals surface area contributed by atoms with Crippen molar-refractivity contribution in [2.24, 2.45) is 22.1 Å². The topological polar surface area (TPSA) is 93.1 Å². The number of hydrogen-bond donors (Lipinski definition) is 1. The van der Waals surface area contributed by atoms with E-state index in [4.69, 9.17) is 32.5 Å². The van der Waals surface area contributed by atoms with Crippen LogP contribution >= 0.6 is 23.2 Å². The average Bonchev–Trinajstić information content (AvgIpc) is 3.42. The molecule has 3 aliphatic carbocycles. The van der Waals surface area contributed by atoms with E-state index >= 15 is 0 Å². The predicted molar refractivity (Wildman–Crippen MR) is 134 cm³/mol. The fourth-order valence-corrected chi connectivity index (χ4v) is 7.04. The summed E-state index contributed by atoms with van der Waals surface area (Å²) in [6.07, 6.45) is 7.57. The third-order valence-corrected chi connectivity index (χ3v) is 9.07. The molecule has 7 rings (SSSR count). The van der Waals surface area contributed by atoms with Crippen LogP contribution in [0.25, 0.3) is 11.3 Å². The Morgan fingerprint density at radius 2 is 1.83 bits per heavy atom. The van der Waals surface area contributed by atoms with Crippen molar-refractivity contribution in [3.05, 3.63) is 63.0 Å². The maximum atomic E-state index is 11.9. The number of aromatic nitrogens is 2. The molecule has 0 saturated heterocycles. The van der Waals surface area contributed by atoms with E-state index in [0.717, 1.165) is 61.0 Å². The van der Waals surface area contributed by atoms with Gasteiger partial charge in [0, 0.05) is 34.4 Å². The van der Waals surface area contributed by atoms with Crippen LogP contribution in [0, 0.1) is 11.8 Å². The number of nitrogens with zero attached hydrogens (tertiary/aromatic N) is 4. The first kappa shape index (κ1) is 22.8. The van der Waals surface area contributed by atoms with Gasteiger partial charge in [-0.05, 0) is 68.6 Å². The van der Waals surface area contributed by atoms with Crippen molar-refractivity contribution >= 4 is 29.0 Å². The molecule has 7 nitrogen and oxygen atoms in total. The van der Waals surface area contributed by atoms with Crippen molar-refractivity contribution in [1.82, 2.24) is 10.1 Å². The van der Waals surface area contributed by atoms with Gasteiger partial charge >= 0.3 is 0 Å². The summed E-state index contributed by atoms with van der Waals surface area (Å²) in [5.41, 5.74) is 3.31. The molecule has 9 heteroatoms. The Kier molecular flexibility index (Phi) is 5.47. The summed E-state index contributed by atoms with van der Waals surface area (Å²) in [6.45, 7) is 0.922. The highest BCUT2D eigenvalue weighted by Gasteiger charge is 2.55. The van der Waals surface area contributed by atoms with Crippen LogP contribution in [0.4, 0.5) is 5.82 Å². The fraction of sp³-hybridized carbons (Fsp3) is 0.481. The van der Waals surface area contributed by atoms with Crippen molar-refractivity contribution in [2.45, 2.75) is 69.3 Å². The van der Waals surface area contributed by atoms with E-state index < -0.39 is 5.60 Å². The van der Waals surface area contributed by atoms with Crippen LogP contribution in [0.5, 0.6) is 0 Å². The maximum absolute atomic E-state index is 11.9. The number of ether oxygens (including phenoxy) is 1. The lowest BCUT2D eigenvalue weighted by Gasteiger charge is -2.43. The van der Waals surface area contributed by atoms with Gasteiger partial charge in [-0.3, -0.25) is 0 Å². The molecule has 3 heterocycles. The van der Waals surface area contributed by atoms with Crippen molar-refractivity contribution in [3.8, 4) is 11.3 Å². The summed E-state index contributed by atoms with van der Waals surface area (Å²) in [4.78, 5) is 4.46. The van der Waals surface area contributed by atoms with Crippen LogP contribution in [-0.2, 0) is 23.5 Å². The Morgan fingerprint density at radius 1 is 1.08 bits per heavy atom. The monoisotopic (exact) mass is 524 g/mol. The number of pyridine rings is 1. The first-order chi connectivity index (χ1) is 17.5. The number of rotatable bonds is 6. The molecule has 0 radical (unpaired) electrons. The molecule has 4 atom stereocenters. The van der Waals surface area contributed by atoms with Gasteiger partial charge in [-0.2, -0.15) is 5.11 Å². The summed E-state index contributed by atoms with van der Waals surface area (Å²) in [7, 11) is 0.